The van der Waals surface area contributed by atoms with Crippen LogP contribution < -0.4 is 16.2 Å². The Morgan fingerprint density at radius 1 is 0.806 bits per heavy atom. The lowest BCUT2D eigenvalue weighted by Crippen LogP contribution is -2.43. The van der Waals surface area contributed by atoms with Crippen molar-refractivity contribution in [1.82, 2.24) is 16.2 Å². The Hall–Kier alpha value is -3.64. The quantitative estimate of drug-likeness (QED) is 0.512. The van der Waals surface area contributed by atoms with E-state index < -0.39 is 23.8 Å². The third kappa shape index (κ3) is 6.17. The number of hydrogen-bond donors (Lipinski definition) is 3. The van der Waals surface area contributed by atoms with E-state index in [4.69, 9.17) is 11.6 Å². The molecule has 31 heavy (non-hydrogen) atoms. The van der Waals surface area contributed by atoms with Gasteiger partial charge in [-0.25, -0.2) is 0 Å². The van der Waals surface area contributed by atoms with Crippen molar-refractivity contribution in [2.24, 2.45) is 0 Å². The molecule has 1 atom stereocenters. The SMILES string of the molecule is Cc1ccc(C(=O)NNC(=O)C[C@@H](NC(=O)c2ccccc2Cl)c2ccccc2)cc1. The van der Waals surface area contributed by atoms with Gasteiger partial charge in [-0.3, -0.25) is 25.2 Å². The minimum atomic E-state index is -0.610. The van der Waals surface area contributed by atoms with Gasteiger partial charge in [0.25, 0.3) is 11.8 Å². The maximum atomic E-state index is 12.7. The number of carbonyl (C=O) groups is 3. The zero-order valence-electron chi connectivity index (χ0n) is 16.9. The number of hydrogen-bond acceptors (Lipinski definition) is 3. The second-order valence-corrected chi connectivity index (χ2v) is 7.40. The van der Waals surface area contributed by atoms with Gasteiger partial charge in [-0.1, -0.05) is 71.8 Å². The van der Waals surface area contributed by atoms with E-state index in [-0.39, 0.29) is 6.42 Å². The first-order valence-corrected chi connectivity index (χ1v) is 10.1. The molecule has 0 radical (unpaired) electrons. The summed E-state index contributed by atoms with van der Waals surface area (Å²) in [5, 5.41) is 3.17. The number of halogens is 1. The van der Waals surface area contributed by atoms with Crippen LogP contribution in [0.15, 0.2) is 78.9 Å². The van der Waals surface area contributed by atoms with E-state index in [9.17, 15) is 14.4 Å². The summed E-state index contributed by atoms with van der Waals surface area (Å²) in [6.45, 7) is 1.92. The second-order valence-electron chi connectivity index (χ2n) is 6.99. The molecule has 0 saturated heterocycles. The van der Waals surface area contributed by atoms with Crippen molar-refractivity contribution in [2.75, 3.05) is 0 Å². The maximum absolute atomic E-state index is 12.7. The highest BCUT2D eigenvalue weighted by molar-refractivity contribution is 6.33. The summed E-state index contributed by atoms with van der Waals surface area (Å²) in [6, 6.07) is 22.2. The summed E-state index contributed by atoms with van der Waals surface area (Å²) in [4.78, 5) is 37.4. The Bertz CT molecular complexity index is 1070. The average molecular weight is 436 g/mol. The first-order chi connectivity index (χ1) is 14.9. The van der Waals surface area contributed by atoms with Gasteiger partial charge in [-0.15, -0.1) is 0 Å². The Morgan fingerprint density at radius 3 is 2.13 bits per heavy atom. The molecule has 0 aliphatic rings. The molecule has 3 aromatic carbocycles. The number of hydrazine groups is 1. The topological polar surface area (TPSA) is 87.3 Å². The first kappa shape index (κ1) is 22.1. The second kappa shape index (κ2) is 10.4. The van der Waals surface area contributed by atoms with Crippen molar-refractivity contribution in [3.63, 3.8) is 0 Å². The van der Waals surface area contributed by atoms with Gasteiger partial charge in [0, 0.05) is 5.56 Å². The highest BCUT2D eigenvalue weighted by Gasteiger charge is 2.20. The van der Waals surface area contributed by atoms with Crippen molar-refractivity contribution in [1.29, 1.82) is 0 Å². The number of aryl methyl sites for hydroxylation is 1. The van der Waals surface area contributed by atoms with Gasteiger partial charge in [0.1, 0.15) is 0 Å². The van der Waals surface area contributed by atoms with E-state index in [1.165, 1.54) is 0 Å². The Morgan fingerprint density at radius 2 is 1.45 bits per heavy atom. The lowest BCUT2D eigenvalue weighted by atomic mass is 10.0. The monoisotopic (exact) mass is 435 g/mol. The smallest absolute Gasteiger partial charge is 0.269 e. The molecule has 3 rings (SSSR count). The molecule has 0 unspecified atom stereocenters. The molecule has 3 N–H and O–H groups in total. The van der Waals surface area contributed by atoms with Crippen LogP contribution in [0, 0.1) is 6.92 Å². The zero-order chi connectivity index (χ0) is 22.2. The van der Waals surface area contributed by atoms with Gasteiger partial charge in [-0.05, 0) is 36.8 Å². The summed E-state index contributed by atoms with van der Waals surface area (Å²) >= 11 is 6.12. The van der Waals surface area contributed by atoms with Crippen molar-refractivity contribution in [2.45, 2.75) is 19.4 Å². The van der Waals surface area contributed by atoms with Gasteiger partial charge in [0.05, 0.1) is 23.0 Å². The summed E-state index contributed by atoms with van der Waals surface area (Å²) in [7, 11) is 0. The van der Waals surface area contributed by atoms with E-state index in [1.807, 2.05) is 49.4 Å². The summed E-state index contributed by atoms with van der Waals surface area (Å²) in [6.07, 6.45) is -0.0750. The molecule has 3 amide bonds. The molecule has 0 fully saturated rings. The largest absolute Gasteiger partial charge is 0.345 e. The molecule has 0 saturated carbocycles. The van der Waals surface area contributed by atoms with Crippen LogP contribution >= 0.6 is 11.6 Å². The molecule has 0 aromatic heterocycles. The van der Waals surface area contributed by atoms with E-state index in [2.05, 4.69) is 16.2 Å². The number of rotatable bonds is 6. The molecule has 6 nitrogen and oxygen atoms in total. The molecule has 0 heterocycles. The molecule has 158 valence electrons. The first-order valence-electron chi connectivity index (χ1n) is 9.70. The molecule has 0 bridgehead atoms. The zero-order valence-corrected chi connectivity index (χ0v) is 17.6. The Kier molecular flexibility index (Phi) is 7.40. The van der Waals surface area contributed by atoms with E-state index in [0.29, 0.717) is 16.1 Å². The van der Waals surface area contributed by atoms with Gasteiger partial charge in [-0.2, -0.15) is 0 Å². The third-order valence-electron chi connectivity index (χ3n) is 4.64. The molecule has 0 spiro atoms. The van der Waals surface area contributed by atoms with Crippen LogP contribution in [-0.2, 0) is 4.79 Å². The van der Waals surface area contributed by atoms with Crippen LogP contribution in [0.5, 0.6) is 0 Å². The van der Waals surface area contributed by atoms with Gasteiger partial charge in [0.2, 0.25) is 5.91 Å². The van der Waals surface area contributed by atoms with Crippen LogP contribution in [0.4, 0.5) is 0 Å². The molecule has 3 aromatic rings. The predicted molar refractivity (Wildman–Crippen MR) is 120 cm³/mol. The Balaban J connectivity index is 1.66. The lowest BCUT2D eigenvalue weighted by molar-refractivity contribution is -0.122. The van der Waals surface area contributed by atoms with Crippen molar-refractivity contribution < 1.29 is 14.4 Å². The highest BCUT2D eigenvalue weighted by atomic mass is 35.5. The van der Waals surface area contributed by atoms with Crippen LogP contribution in [-0.4, -0.2) is 17.7 Å². The number of nitrogens with one attached hydrogen (secondary N) is 3. The fraction of sp³-hybridized carbons (Fsp3) is 0.125. The molecule has 7 heteroatoms. The summed E-state index contributed by atoms with van der Waals surface area (Å²) in [5.74, 6) is -1.27. The molecule has 0 aliphatic heterocycles. The standard InChI is InChI=1S/C24H22ClN3O3/c1-16-11-13-18(14-12-16)23(30)28-27-22(29)15-21(17-7-3-2-4-8-17)26-24(31)19-9-5-6-10-20(19)25/h2-14,21H,15H2,1H3,(H,26,31)(H,27,29)(H,28,30)/t21-/m1/s1. The van der Waals surface area contributed by atoms with E-state index in [1.54, 1.807) is 36.4 Å². The fourth-order valence-electron chi connectivity index (χ4n) is 2.96. The van der Waals surface area contributed by atoms with Crippen molar-refractivity contribution in [3.05, 3.63) is 106 Å². The summed E-state index contributed by atoms with van der Waals surface area (Å²) < 4.78 is 0. The number of amides is 3. The van der Waals surface area contributed by atoms with E-state index in [0.717, 1.165) is 11.1 Å². The number of carbonyl (C=O) groups excluding carboxylic acids is 3. The number of benzene rings is 3. The van der Waals surface area contributed by atoms with Crippen LogP contribution in [0.1, 0.15) is 44.3 Å². The molecular weight excluding hydrogens is 414 g/mol. The van der Waals surface area contributed by atoms with Crippen LogP contribution in [0.3, 0.4) is 0 Å². The fourth-order valence-corrected chi connectivity index (χ4v) is 3.18. The molecular formula is C24H22ClN3O3. The minimum Gasteiger partial charge on any atom is -0.345 e. The van der Waals surface area contributed by atoms with Gasteiger partial charge >= 0.3 is 0 Å². The average Bonchev–Trinajstić information content (AvgIpc) is 2.78. The normalized spacial score (nSPS) is 11.3. The van der Waals surface area contributed by atoms with E-state index >= 15 is 0 Å². The third-order valence-corrected chi connectivity index (χ3v) is 4.97. The van der Waals surface area contributed by atoms with Crippen LogP contribution in [0.2, 0.25) is 5.02 Å². The van der Waals surface area contributed by atoms with Crippen molar-refractivity contribution in [3.8, 4) is 0 Å². The van der Waals surface area contributed by atoms with Gasteiger partial charge < -0.3 is 5.32 Å². The van der Waals surface area contributed by atoms with Gasteiger partial charge in [0.15, 0.2) is 0 Å². The summed E-state index contributed by atoms with van der Waals surface area (Å²) in [5.41, 5.74) is 7.33. The minimum absolute atomic E-state index is 0.0750. The Labute approximate surface area is 185 Å². The predicted octanol–water partition coefficient (Wildman–Crippen LogP) is 3.97. The van der Waals surface area contributed by atoms with Crippen molar-refractivity contribution >= 4 is 29.3 Å². The highest BCUT2D eigenvalue weighted by Crippen LogP contribution is 2.20. The molecule has 0 aliphatic carbocycles. The lowest BCUT2D eigenvalue weighted by Gasteiger charge is -2.19. The maximum Gasteiger partial charge on any atom is 0.269 e. The van der Waals surface area contributed by atoms with Crippen LogP contribution in [0.25, 0.3) is 0 Å².